The van der Waals surface area contributed by atoms with Crippen LogP contribution in [0.15, 0.2) is 6.20 Å². The number of nitrogens with one attached hydrogen (secondary N) is 1. The summed E-state index contributed by atoms with van der Waals surface area (Å²) in [6, 6.07) is -0.400. The van der Waals surface area contributed by atoms with Gasteiger partial charge >= 0.3 is 5.97 Å². The van der Waals surface area contributed by atoms with E-state index >= 15 is 0 Å². The summed E-state index contributed by atoms with van der Waals surface area (Å²) in [5.41, 5.74) is 1.10. The Morgan fingerprint density at radius 2 is 2.21 bits per heavy atom. The fourth-order valence-corrected chi connectivity index (χ4v) is 3.34. The van der Waals surface area contributed by atoms with Gasteiger partial charge in [-0.05, 0) is 51.1 Å². The van der Waals surface area contributed by atoms with Crippen molar-refractivity contribution in [2.75, 3.05) is 13.1 Å². The number of aliphatic carboxylic acids is 1. The van der Waals surface area contributed by atoms with Gasteiger partial charge in [0.05, 0.1) is 0 Å². The highest BCUT2D eigenvalue weighted by Gasteiger charge is 2.29. The quantitative estimate of drug-likeness (QED) is 0.864. The zero-order chi connectivity index (χ0) is 13.2. The topological polar surface area (TPSA) is 67.2 Å². The Hall–Kier alpha value is -1.36. The number of carboxylic acid groups (broad SMARTS) is 1. The van der Waals surface area contributed by atoms with E-state index in [2.05, 4.69) is 10.3 Å². The Bertz CT molecular complexity index is 463. The highest BCUT2D eigenvalue weighted by molar-refractivity contribution is 5.72. The lowest BCUT2D eigenvalue weighted by atomic mass is 9.94. The van der Waals surface area contributed by atoms with Crippen LogP contribution in [-0.2, 0) is 17.6 Å². The molecule has 3 rings (SSSR count). The molecule has 19 heavy (non-hydrogen) atoms. The molecule has 3 heterocycles. The molecule has 5 heteroatoms. The number of aromatic nitrogens is 2. The molecule has 2 aliphatic rings. The maximum atomic E-state index is 11.4. The minimum atomic E-state index is -0.717. The lowest BCUT2D eigenvalue weighted by molar-refractivity contribution is -0.141. The van der Waals surface area contributed by atoms with Crippen molar-refractivity contribution in [3.63, 3.8) is 0 Å². The fourth-order valence-electron chi connectivity index (χ4n) is 3.34. The molecule has 0 bridgehead atoms. The van der Waals surface area contributed by atoms with Crippen LogP contribution in [-0.4, -0.2) is 33.7 Å². The third-order valence-electron chi connectivity index (χ3n) is 4.39. The number of hydrogen-bond acceptors (Lipinski definition) is 3. The summed E-state index contributed by atoms with van der Waals surface area (Å²) >= 11 is 0. The number of nitrogens with zero attached hydrogens (tertiary/aromatic N) is 2. The first kappa shape index (κ1) is 12.7. The SMILES string of the molecule is O=C(O)C1CCCc2cnc(CC3CCNCC3)n21. The maximum Gasteiger partial charge on any atom is 0.326 e. The second kappa shape index (κ2) is 5.33. The minimum Gasteiger partial charge on any atom is -0.480 e. The molecule has 0 radical (unpaired) electrons. The van der Waals surface area contributed by atoms with E-state index in [-0.39, 0.29) is 0 Å². The van der Waals surface area contributed by atoms with Crippen molar-refractivity contribution < 1.29 is 9.90 Å². The highest BCUT2D eigenvalue weighted by Crippen LogP contribution is 2.29. The summed E-state index contributed by atoms with van der Waals surface area (Å²) in [6.07, 6.45) is 7.78. The number of rotatable bonds is 3. The monoisotopic (exact) mass is 263 g/mol. The Kier molecular flexibility index (Phi) is 3.55. The molecule has 0 amide bonds. The molecule has 5 nitrogen and oxygen atoms in total. The molecule has 0 aliphatic carbocycles. The Morgan fingerprint density at radius 3 is 2.95 bits per heavy atom. The van der Waals surface area contributed by atoms with Gasteiger partial charge in [-0.15, -0.1) is 0 Å². The number of imidazole rings is 1. The van der Waals surface area contributed by atoms with Crippen molar-refractivity contribution in [1.29, 1.82) is 0 Å². The van der Waals surface area contributed by atoms with Crippen LogP contribution < -0.4 is 5.32 Å². The summed E-state index contributed by atoms with van der Waals surface area (Å²) in [6.45, 7) is 2.14. The van der Waals surface area contributed by atoms with Crippen LogP contribution in [0.3, 0.4) is 0 Å². The Labute approximate surface area is 113 Å². The lowest BCUT2D eigenvalue weighted by Gasteiger charge is -2.27. The number of aryl methyl sites for hydroxylation is 1. The molecule has 1 atom stereocenters. The standard InChI is InChI=1S/C14H21N3O2/c18-14(19)12-3-1-2-11-9-16-13(17(11)12)8-10-4-6-15-7-5-10/h9-10,12,15H,1-8H2,(H,18,19). The Balaban J connectivity index is 1.82. The summed E-state index contributed by atoms with van der Waals surface area (Å²) in [4.78, 5) is 15.9. The van der Waals surface area contributed by atoms with Crippen molar-refractivity contribution >= 4 is 5.97 Å². The van der Waals surface area contributed by atoms with E-state index in [9.17, 15) is 9.90 Å². The second-order valence-electron chi connectivity index (χ2n) is 5.68. The summed E-state index contributed by atoms with van der Waals surface area (Å²) in [5.74, 6) is 0.906. The minimum absolute atomic E-state index is 0.400. The molecule has 1 unspecified atom stereocenters. The molecule has 2 aliphatic heterocycles. The third kappa shape index (κ3) is 2.52. The van der Waals surface area contributed by atoms with Gasteiger partial charge in [-0.2, -0.15) is 0 Å². The fraction of sp³-hybridized carbons (Fsp3) is 0.714. The van der Waals surface area contributed by atoms with Crippen molar-refractivity contribution in [2.24, 2.45) is 5.92 Å². The zero-order valence-corrected chi connectivity index (χ0v) is 11.1. The van der Waals surface area contributed by atoms with E-state index in [0.29, 0.717) is 5.92 Å². The van der Waals surface area contributed by atoms with Gasteiger partial charge in [-0.25, -0.2) is 9.78 Å². The zero-order valence-electron chi connectivity index (χ0n) is 11.1. The van der Waals surface area contributed by atoms with Crippen LogP contribution in [0.1, 0.15) is 43.2 Å². The average molecular weight is 263 g/mol. The molecular weight excluding hydrogens is 242 g/mol. The maximum absolute atomic E-state index is 11.4. The van der Waals surface area contributed by atoms with Gasteiger partial charge in [0.2, 0.25) is 0 Å². The Morgan fingerprint density at radius 1 is 1.42 bits per heavy atom. The van der Waals surface area contributed by atoms with Crippen LogP contribution in [0.5, 0.6) is 0 Å². The first-order valence-corrected chi connectivity index (χ1v) is 7.24. The predicted octanol–water partition coefficient (Wildman–Crippen LogP) is 1.39. The average Bonchev–Trinajstić information content (AvgIpc) is 2.83. The molecule has 0 aromatic carbocycles. The molecule has 1 saturated heterocycles. The summed E-state index contributed by atoms with van der Waals surface area (Å²) in [5, 5.41) is 12.7. The number of piperidine rings is 1. The molecule has 0 spiro atoms. The van der Waals surface area contributed by atoms with Gasteiger partial charge in [-0.1, -0.05) is 0 Å². The molecule has 1 aromatic heterocycles. The van der Waals surface area contributed by atoms with Crippen LogP contribution in [0, 0.1) is 5.92 Å². The normalized spacial score (nSPS) is 24.1. The van der Waals surface area contributed by atoms with Crippen LogP contribution in [0.25, 0.3) is 0 Å². The second-order valence-corrected chi connectivity index (χ2v) is 5.68. The highest BCUT2D eigenvalue weighted by atomic mass is 16.4. The lowest BCUT2D eigenvalue weighted by Crippen LogP contribution is -2.31. The van der Waals surface area contributed by atoms with Gasteiger partial charge in [-0.3, -0.25) is 0 Å². The summed E-state index contributed by atoms with van der Waals surface area (Å²) in [7, 11) is 0. The van der Waals surface area contributed by atoms with E-state index < -0.39 is 12.0 Å². The van der Waals surface area contributed by atoms with E-state index in [0.717, 1.165) is 50.3 Å². The van der Waals surface area contributed by atoms with Gasteiger partial charge in [0.1, 0.15) is 11.9 Å². The molecular formula is C14H21N3O2. The van der Waals surface area contributed by atoms with E-state index in [4.69, 9.17) is 0 Å². The van der Waals surface area contributed by atoms with Crippen LogP contribution >= 0.6 is 0 Å². The van der Waals surface area contributed by atoms with Crippen molar-refractivity contribution in [2.45, 2.75) is 44.6 Å². The number of carbonyl (C=O) groups is 1. The smallest absolute Gasteiger partial charge is 0.326 e. The predicted molar refractivity (Wildman–Crippen MR) is 71.1 cm³/mol. The van der Waals surface area contributed by atoms with Crippen molar-refractivity contribution in [3.8, 4) is 0 Å². The van der Waals surface area contributed by atoms with Gasteiger partial charge < -0.3 is 15.0 Å². The molecule has 0 saturated carbocycles. The van der Waals surface area contributed by atoms with Crippen LogP contribution in [0.2, 0.25) is 0 Å². The first-order chi connectivity index (χ1) is 9.25. The first-order valence-electron chi connectivity index (χ1n) is 7.24. The van der Waals surface area contributed by atoms with Crippen molar-refractivity contribution in [3.05, 3.63) is 17.7 Å². The molecule has 2 N–H and O–H groups in total. The molecule has 104 valence electrons. The molecule has 1 aromatic rings. The van der Waals surface area contributed by atoms with Gasteiger partial charge in [0, 0.05) is 18.3 Å². The van der Waals surface area contributed by atoms with Crippen molar-refractivity contribution in [1.82, 2.24) is 14.9 Å². The molecule has 1 fully saturated rings. The van der Waals surface area contributed by atoms with Gasteiger partial charge in [0.15, 0.2) is 0 Å². The third-order valence-corrected chi connectivity index (χ3v) is 4.39. The number of carboxylic acids is 1. The van der Waals surface area contributed by atoms with E-state index in [1.165, 1.54) is 12.8 Å². The summed E-state index contributed by atoms with van der Waals surface area (Å²) < 4.78 is 1.99. The van der Waals surface area contributed by atoms with Crippen LogP contribution in [0.4, 0.5) is 0 Å². The number of hydrogen-bond donors (Lipinski definition) is 2. The number of fused-ring (bicyclic) bond motifs is 1. The largest absolute Gasteiger partial charge is 0.480 e. The van der Waals surface area contributed by atoms with Gasteiger partial charge in [0.25, 0.3) is 0 Å². The van der Waals surface area contributed by atoms with E-state index in [1.54, 1.807) is 0 Å². The van der Waals surface area contributed by atoms with E-state index in [1.807, 2.05) is 10.8 Å².